The fourth-order valence-electron chi connectivity index (χ4n) is 3.15. The SMILES string of the molecule is Nc1nnc(CNC(=O)N2CCCN(CCCc3ccccc3)CC2)s1. The highest BCUT2D eigenvalue weighted by Gasteiger charge is 2.19. The molecule has 0 unspecified atom stereocenters. The molecule has 0 atom stereocenters. The van der Waals surface area contributed by atoms with Crippen LogP contribution in [0.2, 0.25) is 0 Å². The van der Waals surface area contributed by atoms with Gasteiger partial charge in [-0.2, -0.15) is 0 Å². The smallest absolute Gasteiger partial charge is 0.317 e. The van der Waals surface area contributed by atoms with E-state index in [9.17, 15) is 4.79 Å². The first-order valence-corrected chi connectivity index (χ1v) is 9.89. The molecule has 8 heteroatoms. The minimum absolute atomic E-state index is 0.0371. The third-order valence-electron chi connectivity index (χ3n) is 4.53. The zero-order chi connectivity index (χ0) is 18.2. The lowest BCUT2D eigenvalue weighted by molar-refractivity contribution is 0.197. The average Bonchev–Trinajstić information content (AvgIpc) is 2.93. The highest BCUT2D eigenvalue weighted by molar-refractivity contribution is 7.15. The van der Waals surface area contributed by atoms with Crippen molar-refractivity contribution in [1.29, 1.82) is 0 Å². The molecule has 1 aromatic heterocycles. The van der Waals surface area contributed by atoms with Crippen LogP contribution in [-0.2, 0) is 13.0 Å². The number of aryl methyl sites for hydroxylation is 1. The number of hydrogen-bond acceptors (Lipinski definition) is 6. The van der Waals surface area contributed by atoms with E-state index in [1.54, 1.807) is 0 Å². The Kier molecular flexibility index (Phi) is 6.79. The molecule has 0 spiro atoms. The number of carbonyl (C=O) groups is 1. The van der Waals surface area contributed by atoms with Crippen LogP contribution in [0, 0.1) is 0 Å². The highest BCUT2D eigenvalue weighted by Crippen LogP contribution is 2.11. The molecule has 0 saturated carbocycles. The molecule has 3 rings (SSSR count). The van der Waals surface area contributed by atoms with Crippen molar-refractivity contribution in [2.45, 2.75) is 25.8 Å². The van der Waals surface area contributed by atoms with E-state index in [4.69, 9.17) is 5.73 Å². The topological polar surface area (TPSA) is 87.4 Å². The van der Waals surface area contributed by atoms with E-state index in [1.165, 1.54) is 16.9 Å². The van der Waals surface area contributed by atoms with Crippen LogP contribution in [0.15, 0.2) is 30.3 Å². The van der Waals surface area contributed by atoms with Gasteiger partial charge in [0.05, 0.1) is 6.54 Å². The van der Waals surface area contributed by atoms with Crippen molar-refractivity contribution in [3.05, 3.63) is 40.9 Å². The maximum Gasteiger partial charge on any atom is 0.317 e. The number of hydrogen-bond donors (Lipinski definition) is 2. The van der Waals surface area contributed by atoms with Crippen LogP contribution in [0.25, 0.3) is 0 Å². The quantitative estimate of drug-likeness (QED) is 0.807. The summed E-state index contributed by atoms with van der Waals surface area (Å²) in [7, 11) is 0. The Hall–Kier alpha value is -2.19. The molecule has 26 heavy (non-hydrogen) atoms. The predicted molar refractivity (Wildman–Crippen MR) is 104 cm³/mol. The third-order valence-corrected chi connectivity index (χ3v) is 5.28. The van der Waals surface area contributed by atoms with Crippen molar-refractivity contribution in [2.75, 3.05) is 38.5 Å². The molecule has 1 aliphatic heterocycles. The second-order valence-corrected chi connectivity index (χ2v) is 7.56. The molecule has 2 heterocycles. The van der Waals surface area contributed by atoms with Crippen LogP contribution < -0.4 is 11.1 Å². The van der Waals surface area contributed by atoms with Gasteiger partial charge in [0.2, 0.25) is 5.13 Å². The molecule has 0 radical (unpaired) electrons. The van der Waals surface area contributed by atoms with Gasteiger partial charge >= 0.3 is 6.03 Å². The lowest BCUT2D eigenvalue weighted by Crippen LogP contribution is -2.41. The van der Waals surface area contributed by atoms with Crippen LogP contribution in [0.4, 0.5) is 9.93 Å². The predicted octanol–water partition coefficient (Wildman–Crippen LogP) is 1.97. The first-order valence-electron chi connectivity index (χ1n) is 9.07. The Morgan fingerprint density at radius 3 is 2.77 bits per heavy atom. The summed E-state index contributed by atoms with van der Waals surface area (Å²) < 4.78 is 0. The average molecular weight is 375 g/mol. The minimum atomic E-state index is -0.0371. The van der Waals surface area contributed by atoms with Gasteiger partial charge in [-0.1, -0.05) is 41.7 Å². The van der Waals surface area contributed by atoms with Gasteiger partial charge in [0.25, 0.3) is 0 Å². The molecule has 1 fully saturated rings. The van der Waals surface area contributed by atoms with Crippen molar-refractivity contribution in [3.63, 3.8) is 0 Å². The zero-order valence-corrected chi connectivity index (χ0v) is 15.7. The number of amides is 2. The Labute approximate surface area is 158 Å². The number of urea groups is 1. The van der Waals surface area contributed by atoms with Crippen molar-refractivity contribution in [1.82, 2.24) is 25.3 Å². The maximum atomic E-state index is 12.4. The number of nitrogen functional groups attached to an aromatic ring is 1. The fourth-order valence-corrected chi connectivity index (χ4v) is 3.70. The summed E-state index contributed by atoms with van der Waals surface area (Å²) in [5.41, 5.74) is 6.95. The van der Waals surface area contributed by atoms with Crippen LogP contribution in [0.3, 0.4) is 0 Å². The van der Waals surface area contributed by atoms with Gasteiger partial charge in [0.1, 0.15) is 5.01 Å². The summed E-state index contributed by atoms with van der Waals surface area (Å²) >= 11 is 1.30. The highest BCUT2D eigenvalue weighted by atomic mass is 32.1. The van der Waals surface area contributed by atoms with Crippen molar-refractivity contribution >= 4 is 22.5 Å². The van der Waals surface area contributed by atoms with E-state index in [-0.39, 0.29) is 6.03 Å². The van der Waals surface area contributed by atoms with Gasteiger partial charge in [0, 0.05) is 19.6 Å². The Bertz CT molecular complexity index is 692. The molecule has 2 amide bonds. The van der Waals surface area contributed by atoms with Crippen molar-refractivity contribution < 1.29 is 4.79 Å². The number of nitrogens with one attached hydrogen (secondary N) is 1. The van der Waals surface area contributed by atoms with Crippen LogP contribution >= 0.6 is 11.3 Å². The molecule has 2 aromatic rings. The van der Waals surface area contributed by atoms with E-state index in [1.807, 2.05) is 4.90 Å². The lowest BCUT2D eigenvalue weighted by atomic mass is 10.1. The van der Waals surface area contributed by atoms with Gasteiger partial charge in [-0.05, 0) is 37.9 Å². The van der Waals surface area contributed by atoms with Gasteiger partial charge in [-0.25, -0.2) is 4.79 Å². The molecule has 1 saturated heterocycles. The number of nitrogens with zero attached hydrogens (tertiary/aromatic N) is 4. The van der Waals surface area contributed by atoms with Gasteiger partial charge in [-0.3, -0.25) is 0 Å². The number of carbonyl (C=O) groups excluding carboxylic acids is 1. The monoisotopic (exact) mass is 374 g/mol. The first kappa shape index (κ1) is 18.6. The summed E-state index contributed by atoms with van der Waals surface area (Å²) in [5.74, 6) is 0. The van der Waals surface area contributed by atoms with Crippen molar-refractivity contribution in [2.24, 2.45) is 0 Å². The Morgan fingerprint density at radius 2 is 2.00 bits per heavy atom. The van der Waals surface area contributed by atoms with E-state index in [0.29, 0.717) is 11.7 Å². The number of aromatic nitrogens is 2. The van der Waals surface area contributed by atoms with Crippen LogP contribution in [0.1, 0.15) is 23.4 Å². The molecule has 7 nitrogen and oxygen atoms in total. The van der Waals surface area contributed by atoms with E-state index in [2.05, 4.69) is 50.7 Å². The third kappa shape index (κ3) is 5.67. The standard InChI is InChI=1S/C18H26N6OS/c19-17-22-21-16(26-17)14-20-18(25)24-11-5-10-23(12-13-24)9-4-8-15-6-2-1-3-7-15/h1-3,6-7H,4-5,8-14H2,(H2,19,22)(H,20,25). The Morgan fingerprint density at radius 1 is 1.15 bits per heavy atom. The van der Waals surface area contributed by atoms with Crippen LogP contribution in [0.5, 0.6) is 0 Å². The van der Waals surface area contributed by atoms with Gasteiger partial charge in [0.15, 0.2) is 0 Å². The molecule has 0 bridgehead atoms. The Balaban J connectivity index is 1.37. The molecule has 140 valence electrons. The van der Waals surface area contributed by atoms with Crippen LogP contribution in [-0.4, -0.2) is 58.8 Å². The molecular weight excluding hydrogens is 348 g/mol. The summed E-state index contributed by atoms with van der Waals surface area (Å²) in [6.07, 6.45) is 3.26. The first-order chi connectivity index (χ1) is 12.7. The van der Waals surface area contributed by atoms with E-state index < -0.39 is 0 Å². The minimum Gasteiger partial charge on any atom is -0.374 e. The molecule has 1 aliphatic rings. The van der Waals surface area contributed by atoms with E-state index >= 15 is 0 Å². The number of rotatable bonds is 6. The normalized spacial score (nSPS) is 15.6. The maximum absolute atomic E-state index is 12.4. The van der Waals surface area contributed by atoms with Crippen molar-refractivity contribution in [3.8, 4) is 0 Å². The summed E-state index contributed by atoms with van der Waals surface area (Å²) in [5, 5.41) is 11.7. The molecular formula is C18H26N6OS. The summed E-state index contributed by atoms with van der Waals surface area (Å²) in [6.45, 7) is 4.98. The second-order valence-electron chi connectivity index (χ2n) is 6.46. The summed E-state index contributed by atoms with van der Waals surface area (Å²) in [4.78, 5) is 16.7. The summed E-state index contributed by atoms with van der Waals surface area (Å²) in [6, 6.07) is 10.6. The lowest BCUT2D eigenvalue weighted by Gasteiger charge is -2.22. The largest absolute Gasteiger partial charge is 0.374 e. The van der Waals surface area contributed by atoms with Gasteiger partial charge < -0.3 is 20.9 Å². The number of anilines is 1. The fraction of sp³-hybridized carbons (Fsp3) is 0.500. The van der Waals surface area contributed by atoms with E-state index in [0.717, 1.165) is 57.0 Å². The number of nitrogens with two attached hydrogens (primary N) is 1. The molecule has 1 aromatic carbocycles. The zero-order valence-electron chi connectivity index (χ0n) is 14.9. The second kappa shape index (κ2) is 9.49. The van der Waals surface area contributed by atoms with Gasteiger partial charge in [-0.15, -0.1) is 10.2 Å². The molecule has 3 N–H and O–H groups in total. The molecule has 0 aliphatic carbocycles. The number of benzene rings is 1.